The second-order valence-corrected chi connectivity index (χ2v) is 8.24. The maximum atomic E-state index is 13.6. The predicted molar refractivity (Wildman–Crippen MR) is 119 cm³/mol. The molecule has 33 heavy (non-hydrogen) atoms. The van der Waals surface area contributed by atoms with E-state index < -0.39 is 29.1 Å². The maximum absolute atomic E-state index is 13.6. The molecule has 1 fully saturated rings. The molecular weight excluding hydrogens is 452 g/mol. The molecule has 0 spiro atoms. The third kappa shape index (κ3) is 3.48. The van der Waals surface area contributed by atoms with Gasteiger partial charge >= 0.3 is 6.03 Å². The van der Waals surface area contributed by atoms with Crippen LogP contribution >= 0.6 is 11.6 Å². The number of aromatic hydroxyl groups is 1. The minimum absolute atomic E-state index is 0.0120. The lowest BCUT2D eigenvalue weighted by Gasteiger charge is -2.27. The molecule has 3 N–H and O–H groups in total. The number of hydrogen-bond donors (Lipinski definition) is 3. The number of fused-ring (bicyclic) bond motifs is 1. The lowest BCUT2D eigenvalue weighted by Crippen LogP contribution is -2.47. The second kappa shape index (κ2) is 7.60. The van der Waals surface area contributed by atoms with Gasteiger partial charge in [-0.2, -0.15) is 0 Å². The van der Waals surface area contributed by atoms with Crippen LogP contribution in [0.1, 0.15) is 5.56 Å². The Labute approximate surface area is 191 Å². The molecular formula is C24H16ClF2N3O3. The number of benzene rings is 3. The van der Waals surface area contributed by atoms with Crippen molar-refractivity contribution in [3.05, 3.63) is 89.1 Å². The number of nitrogens with one attached hydrogen (secondary N) is 2. The van der Waals surface area contributed by atoms with Crippen LogP contribution in [0, 0.1) is 11.6 Å². The topological polar surface area (TPSA) is 83.4 Å². The van der Waals surface area contributed by atoms with Gasteiger partial charge in [0, 0.05) is 17.0 Å². The normalized spacial score (nSPS) is 17.9. The van der Waals surface area contributed by atoms with E-state index in [4.69, 9.17) is 11.6 Å². The first-order valence-corrected chi connectivity index (χ1v) is 10.3. The van der Waals surface area contributed by atoms with E-state index in [0.29, 0.717) is 21.9 Å². The molecule has 1 saturated heterocycles. The highest BCUT2D eigenvalue weighted by molar-refractivity contribution is 6.31. The summed E-state index contributed by atoms with van der Waals surface area (Å²) in [5.74, 6) is -1.85. The lowest BCUT2D eigenvalue weighted by atomic mass is 9.88. The standard InChI is InChI=1S/C24H16ClF2N3O3/c25-19-9-14(4-8-20(19)27)13-1-5-16(6-2-13)24(22(32)28-23(33)29-24)12-30-11-15-3-7-17(26)10-18(15)21(30)31/h1-11,31H,12H2,(H2,28,29,32,33)/t24-/m0/s1. The number of hydrogen-bond acceptors (Lipinski definition) is 3. The summed E-state index contributed by atoms with van der Waals surface area (Å²) < 4.78 is 28.5. The Bertz CT molecular complexity index is 1440. The van der Waals surface area contributed by atoms with Crippen molar-refractivity contribution in [2.75, 3.05) is 0 Å². The number of carbonyl (C=O) groups excluding carboxylic acids is 2. The Balaban J connectivity index is 1.56. The van der Waals surface area contributed by atoms with E-state index in [-0.39, 0.29) is 17.4 Å². The van der Waals surface area contributed by atoms with E-state index in [0.717, 1.165) is 5.56 Å². The van der Waals surface area contributed by atoms with Crippen LogP contribution < -0.4 is 10.6 Å². The minimum Gasteiger partial charge on any atom is -0.494 e. The van der Waals surface area contributed by atoms with E-state index in [1.807, 2.05) is 0 Å². The summed E-state index contributed by atoms with van der Waals surface area (Å²) in [6.45, 7) is -0.131. The molecule has 3 aromatic carbocycles. The van der Waals surface area contributed by atoms with Crippen molar-refractivity contribution in [2.24, 2.45) is 0 Å². The summed E-state index contributed by atoms with van der Waals surface area (Å²) in [5.41, 5.74) is 0.358. The smallest absolute Gasteiger partial charge is 0.322 e. The van der Waals surface area contributed by atoms with Crippen LogP contribution in [0.4, 0.5) is 13.6 Å². The minimum atomic E-state index is -1.51. The zero-order valence-corrected chi connectivity index (χ0v) is 17.7. The van der Waals surface area contributed by atoms with Gasteiger partial charge in [0.15, 0.2) is 11.4 Å². The highest BCUT2D eigenvalue weighted by atomic mass is 35.5. The molecule has 0 radical (unpaired) electrons. The average molecular weight is 468 g/mol. The monoisotopic (exact) mass is 467 g/mol. The van der Waals surface area contributed by atoms with Crippen LogP contribution in [0.2, 0.25) is 5.02 Å². The Kier molecular flexibility index (Phi) is 4.83. The molecule has 0 aliphatic carbocycles. The third-order valence-corrected chi connectivity index (χ3v) is 6.09. The van der Waals surface area contributed by atoms with Gasteiger partial charge in [0.05, 0.1) is 11.6 Å². The van der Waals surface area contributed by atoms with Crippen molar-refractivity contribution in [1.82, 2.24) is 15.2 Å². The Morgan fingerprint density at radius 1 is 0.970 bits per heavy atom. The third-order valence-electron chi connectivity index (χ3n) is 5.80. The SMILES string of the molecule is O=C1NC(=O)[C@](Cn2cc3ccc(F)cc3c2O)(c2ccc(-c3ccc(F)c(Cl)c3)cc2)N1. The van der Waals surface area contributed by atoms with Gasteiger partial charge in [-0.15, -0.1) is 0 Å². The molecule has 1 aliphatic heterocycles. The number of carbonyl (C=O) groups is 2. The van der Waals surface area contributed by atoms with E-state index >= 15 is 0 Å². The predicted octanol–water partition coefficient (Wildman–Crippen LogP) is 4.68. The van der Waals surface area contributed by atoms with E-state index in [2.05, 4.69) is 10.6 Å². The number of halogens is 3. The summed E-state index contributed by atoms with van der Waals surface area (Å²) in [7, 11) is 0. The molecule has 3 amide bonds. The molecule has 5 rings (SSSR count). The molecule has 0 bridgehead atoms. The Morgan fingerprint density at radius 3 is 2.36 bits per heavy atom. The number of amides is 3. The second-order valence-electron chi connectivity index (χ2n) is 7.83. The van der Waals surface area contributed by atoms with Crippen LogP contribution in [0.15, 0.2) is 66.9 Å². The van der Waals surface area contributed by atoms with Crippen LogP contribution in [0.3, 0.4) is 0 Å². The molecule has 166 valence electrons. The van der Waals surface area contributed by atoms with Gasteiger partial charge in [0.1, 0.15) is 11.6 Å². The van der Waals surface area contributed by atoms with Crippen molar-refractivity contribution in [3.63, 3.8) is 0 Å². The number of rotatable bonds is 4. The summed E-state index contributed by atoms with van der Waals surface area (Å²) in [6, 6.07) is 14.4. The van der Waals surface area contributed by atoms with Gasteiger partial charge in [-0.25, -0.2) is 13.6 Å². The van der Waals surface area contributed by atoms with Crippen molar-refractivity contribution in [2.45, 2.75) is 12.1 Å². The van der Waals surface area contributed by atoms with Gasteiger partial charge in [-0.05, 0) is 47.0 Å². The lowest BCUT2D eigenvalue weighted by molar-refractivity contribution is -0.124. The van der Waals surface area contributed by atoms with Crippen LogP contribution in [0.25, 0.3) is 21.9 Å². The van der Waals surface area contributed by atoms with Crippen LogP contribution in [-0.2, 0) is 16.9 Å². The molecule has 1 aliphatic rings. The maximum Gasteiger partial charge on any atom is 0.322 e. The molecule has 6 nitrogen and oxygen atoms in total. The highest BCUT2D eigenvalue weighted by Gasteiger charge is 2.48. The number of aromatic nitrogens is 1. The Morgan fingerprint density at radius 2 is 1.70 bits per heavy atom. The fourth-order valence-corrected chi connectivity index (χ4v) is 4.30. The molecule has 0 unspecified atom stereocenters. The highest BCUT2D eigenvalue weighted by Crippen LogP contribution is 2.34. The quantitative estimate of drug-likeness (QED) is 0.381. The van der Waals surface area contributed by atoms with E-state index in [1.165, 1.54) is 34.9 Å². The number of urea groups is 1. The van der Waals surface area contributed by atoms with Gasteiger partial charge < -0.3 is 15.0 Å². The molecule has 2 heterocycles. The fraction of sp³-hybridized carbons (Fsp3) is 0.0833. The van der Waals surface area contributed by atoms with Gasteiger partial charge in [-0.1, -0.05) is 41.9 Å². The molecule has 9 heteroatoms. The van der Waals surface area contributed by atoms with Crippen molar-refractivity contribution < 1.29 is 23.5 Å². The first kappa shape index (κ1) is 21.0. The number of imide groups is 1. The zero-order chi connectivity index (χ0) is 23.3. The van der Waals surface area contributed by atoms with E-state index in [9.17, 15) is 23.5 Å². The summed E-state index contributed by atoms with van der Waals surface area (Å²) in [6.07, 6.45) is 1.58. The van der Waals surface area contributed by atoms with Gasteiger partial charge in [0.2, 0.25) is 0 Å². The first-order valence-electron chi connectivity index (χ1n) is 9.94. The Hall–Kier alpha value is -3.91. The van der Waals surface area contributed by atoms with Gasteiger partial charge in [0.25, 0.3) is 5.91 Å². The summed E-state index contributed by atoms with van der Waals surface area (Å²) >= 11 is 5.88. The van der Waals surface area contributed by atoms with Crippen molar-refractivity contribution >= 4 is 34.3 Å². The van der Waals surface area contributed by atoms with Crippen molar-refractivity contribution in [1.29, 1.82) is 0 Å². The molecule has 0 saturated carbocycles. The zero-order valence-electron chi connectivity index (χ0n) is 16.9. The summed E-state index contributed by atoms with van der Waals surface area (Å²) in [4.78, 5) is 25.0. The van der Waals surface area contributed by atoms with Gasteiger partial charge in [-0.3, -0.25) is 10.1 Å². The largest absolute Gasteiger partial charge is 0.494 e. The average Bonchev–Trinajstić information content (AvgIpc) is 3.25. The van der Waals surface area contributed by atoms with Crippen molar-refractivity contribution in [3.8, 4) is 17.0 Å². The van der Waals surface area contributed by atoms with E-state index in [1.54, 1.807) is 36.5 Å². The number of nitrogens with zero attached hydrogens (tertiary/aromatic N) is 1. The first-order chi connectivity index (χ1) is 15.8. The molecule has 1 aromatic heterocycles. The summed E-state index contributed by atoms with van der Waals surface area (Å²) in [5, 5.41) is 16.4. The molecule has 1 atom stereocenters. The van der Waals surface area contributed by atoms with Crippen LogP contribution in [-0.4, -0.2) is 21.6 Å². The van der Waals surface area contributed by atoms with Crippen LogP contribution in [0.5, 0.6) is 5.88 Å². The fourth-order valence-electron chi connectivity index (χ4n) is 4.11. The molecule has 4 aromatic rings.